The minimum Gasteiger partial charge on any atom is -0.480 e. The third kappa shape index (κ3) is 3.21. The van der Waals surface area contributed by atoms with Crippen molar-refractivity contribution in [2.45, 2.75) is 12.5 Å². The van der Waals surface area contributed by atoms with Gasteiger partial charge in [0.15, 0.2) is 0 Å². The number of H-pyrrole nitrogens is 1. The molecule has 4 nitrogen and oxygen atoms in total. The smallest absolute Gasteiger partial charge is 0.326 e. The van der Waals surface area contributed by atoms with Crippen LogP contribution in [0, 0.1) is 0 Å². The van der Waals surface area contributed by atoms with Gasteiger partial charge in [-0.15, -0.1) is 0 Å². The van der Waals surface area contributed by atoms with E-state index in [1.165, 1.54) is 5.56 Å². The van der Waals surface area contributed by atoms with E-state index < -0.39 is 12.0 Å². The number of benzene rings is 1. The molecular weight excluding hydrogens is 228 g/mol. The molecule has 3 N–H and O–H groups in total. The molecule has 0 radical (unpaired) electrons. The summed E-state index contributed by atoms with van der Waals surface area (Å²) >= 11 is 0. The molecule has 0 aliphatic rings. The van der Waals surface area contributed by atoms with Crippen LogP contribution in [-0.4, -0.2) is 22.6 Å². The van der Waals surface area contributed by atoms with Crippen molar-refractivity contribution >= 4 is 5.97 Å². The van der Waals surface area contributed by atoms with Gasteiger partial charge in [-0.05, 0) is 24.1 Å². The summed E-state index contributed by atoms with van der Waals surface area (Å²) in [6, 6.07) is 12.9. The maximum Gasteiger partial charge on any atom is 0.326 e. The second kappa shape index (κ2) is 6.02. The zero-order chi connectivity index (χ0) is 12.8. The summed E-state index contributed by atoms with van der Waals surface area (Å²) in [5.74, 6) is -0.870. The standard InChI is InChI=1S/C14H16N2O2/c17-14(18)13(12-7-4-9-15-12)16-10-8-11-5-2-1-3-6-11/h1-7,9,13,15-16H,8,10H2,(H,17,18). The SMILES string of the molecule is O=C(O)C(NCCc1ccccc1)c1ccc[nH]1. The molecule has 0 spiro atoms. The zero-order valence-electron chi connectivity index (χ0n) is 9.97. The van der Waals surface area contributed by atoms with Crippen molar-refractivity contribution in [1.82, 2.24) is 10.3 Å². The Morgan fingerprint density at radius 1 is 1.22 bits per heavy atom. The Morgan fingerprint density at radius 3 is 2.61 bits per heavy atom. The van der Waals surface area contributed by atoms with Gasteiger partial charge in [-0.1, -0.05) is 30.3 Å². The van der Waals surface area contributed by atoms with Crippen LogP contribution >= 0.6 is 0 Å². The summed E-state index contributed by atoms with van der Waals surface area (Å²) in [7, 11) is 0. The van der Waals surface area contributed by atoms with Crippen LogP contribution < -0.4 is 5.32 Å². The van der Waals surface area contributed by atoms with Gasteiger partial charge in [0.2, 0.25) is 0 Å². The topological polar surface area (TPSA) is 65.1 Å². The minimum absolute atomic E-state index is 0.625. The van der Waals surface area contributed by atoms with Gasteiger partial charge < -0.3 is 10.1 Å². The Hall–Kier alpha value is -2.07. The number of carboxylic acid groups (broad SMARTS) is 1. The van der Waals surface area contributed by atoms with Gasteiger partial charge >= 0.3 is 5.97 Å². The Bertz CT molecular complexity index is 480. The highest BCUT2D eigenvalue weighted by molar-refractivity contribution is 5.74. The molecule has 0 amide bonds. The number of aliphatic carboxylic acids is 1. The molecular formula is C14H16N2O2. The second-order valence-electron chi connectivity index (χ2n) is 4.09. The number of hydrogen-bond donors (Lipinski definition) is 3. The number of hydrogen-bond acceptors (Lipinski definition) is 2. The summed E-state index contributed by atoms with van der Waals surface area (Å²) in [5.41, 5.74) is 1.87. The van der Waals surface area contributed by atoms with Crippen LogP contribution in [-0.2, 0) is 11.2 Å². The van der Waals surface area contributed by atoms with Crippen LogP contribution in [0.2, 0.25) is 0 Å². The fourth-order valence-corrected chi connectivity index (χ4v) is 1.86. The van der Waals surface area contributed by atoms with Crippen LogP contribution in [0.25, 0.3) is 0 Å². The van der Waals surface area contributed by atoms with Crippen molar-refractivity contribution in [3.63, 3.8) is 0 Å². The van der Waals surface area contributed by atoms with Gasteiger partial charge in [0.25, 0.3) is 0 Å². The van der Waals surface area contributed by atoms with Crippen LogP contribution in [0.3, 0.4) is 0 Å². The molecule has 0 fully saturated rings. The van der Waals surface area contributed by atoms with E-state index in [4.69, 9.17) is 5.11 Å². The van der Waals surface area contributed by atoms with Crippen molar-refractivity contribution in [2.75, 3.05) is 6.54 Å². The van der Waals surface area contributed by atoms with Crippen molar-refractivity contribution in [3.8, 4) is 0 Å². The average molecular weight is 244 g/mol. The van der Waals surface area contributed by atoms with Crippen molar-refractivity contribution < 1.29 is 9.90 Å². The summed E-state index contributed by atoms with van der Waals surface area (Å²) < 4.78 is 0. The summed E-state index contributed by atoms with van der Waals surface area (Å²) in [6.07, 6.45) is 2.54. The lowest BCUT2D eigenvalue weighted by Gasteiger charge is -2.13. The Morgan fingerprint density at radius 2 is 2.00 bits per heavy atom. The van der Waals surface area contributed by atoms with Gasteiger partial charge in [0.05, 0.1) is 0 Å². The fraction of sp³-hybridized carbons (Fsp3) is 0.214. The van der Waals surface area contributed by atoms with Crippen molar-refractivity contribution in [3.05, 3.63) is 59.9 Å². The molecule has 0 saturated heterocycles. The van der Waals surface area contributed by atoms with Crippen LogP contribution in [0.15, 0.2) is 48.7 Å². The first-order chi connectivity index (χ1) is 8.77. The lowest BCUT2D eigenvalue weighted by Crippen LogP contribution is -2.30. The highest BCUT2D eigenvalue weighted by atomic mass is 16.4. The third-order valence-electron chi connectivity index (χ3n) is 2.78. The molecule has 1 aromatic heterocycles. The highest BCUT2D eigenvalue weighted by Crippen LogP contribution is 2.10. The van der Waals surface area contributed by atoms with E-state index in [2.05, 4.69) is 10.3 Å². The van der Waals surface area contributed by atoms with E-state index in [0.717, 1.165) is 6.42 Å². The largest absolute Gasteiger partial charge is 0.480 e. The average Bonchev–Trinajstić information content (AvgIpc) is 2.89. The number of aromatic amines is 1. The van der Waals surface area contributed by atoms with E-state index in [9.17, 15) is 4.79 Å². The van der Waals surface area contributed by atoms with Crippen molar-refractivity contribution in [2.24, 2.45) is 0 Å². The third-order valence-corrected chi connectivity index (χ3v) is 2.78. The first-order valence-corrected chi connectivity index (χ1v) is 5.91. The quantitative estimate of drug-likeness (QED) is 0.728. The van der Waals surface area contributed by atoms with Crippen LogP contribution in [0.4, 0.5) is 0 Å². The zero-order valence-corrected chi connectivity index (χ0v) is 9.97. The Labute approximate surface area is 106 Å². The Balaban J connectivity index is 1.89. The molecule has 0 bridgehead atoms. The molecule has 0 aliphatic carbocycles. The minimum atomic E-state index is -0.870. The van der Waals surface area contributed by atoms with E-state index >= 15 is 0 Å². The van der Waals surface area contributed by atoms with Crippen LogP contribution in [0.5, 0.6) is 0 Å². The molecule has 1 atom stereocenters. The maximum absolute atomic E-state index is 11.2. The fourth-order valence-electron chi connectivity index (χ4n) is 1.86. The first-order valence-electron chi connectivity index (χ1n) is 5.91. The predicted molar refractivity (Wildman–Crippen MR) is 69.3 cm³/mol. The van der Waals surface area contributed by atoms with Gasteiger partial charge in [-0.25, -0.2) is 0 Å². The number of nitrogens with one attached hydrogen (secondary N) is 2. The number of carbonyl (C=O) groups is 1. The van der Waals surface area contributed by atoms with E-state index in [1.807, 2.05) is 30.3 Å². The first kappa shape index (κ1) is 12.4. The van der Waals surface area contributed by atoms with Gasteiger partial charge in [0, 0.05) is 18.4 Å². The molecule has 1 heterocycles. The van der Waals surface area contributed by atoms with E-state index in [-0.39, 0.29) is 0 Å². The van der Waals surface area contributed by atoms with Crippen molar-refractivity contribution in [1.29, 1.82) is 0 Å². The monoisotopic (exact) mass is 244 g/mol. The summed E-state index contributed by atoms with van der Waals surface area (Å²) in [4.78, 5) is 14.1. The molecule has 18 heavy (non-hydrogen) atoms. The molecule has 1 aromatic carbocycles. The molecule has 0 saturated carbocycles. The maximum atomic E-state index is 11.2. The van der Waals surface area contributed by atoms with E-state index in [0.29, 0.717) is 12.2 Å². The van der Waals surface area contributed by atoms with E-state index in [1.54, 1.807) is 18.3 Å². The number of carboxylic acids is 1. The lowest BCUT2D eigenvalue weighted by molar-refractivity contribution is -0.139. The predicted octanol–water partition coefficient (Wildman–Crippen LogP) is 1.97. The molecule has 94 valence electrons. The molecule has 2 rings (SSSR count). The molecule has 1 unspecified atom stereocenters. The van der Waals surface area contributed by atoms with Gasteiger partial charge in [-0.3, -0.25) is 10.1 Å². The normalized spacial score (nSPS) is 12.2. The van der Waals surface area contributed by atoms with Crippen LogP contribution in [0.1, 0.15) is 17.3 Å². The number of aromatic nitrogens is 1. The van der Waals surface area contributed by atoms with Gasteiger partial charge in [0.1, 0.15) is 6.04 Å². The summed E-state index contributed by atoms with van der Waals surface area (Å²) in [6.45, 7) is 0.625. The Kier molecular flexibility index (Phi) is 4.15. The molecule has 0 aliphatic heterocycles. The lowest BCUT2D eigenvalue weighted by atomic mass is 10.1. The molecule has 2 aromatic rings. The van der Waals surface area contributed by atoms with Gasteiger partial charge in [-0.2, -0.15) is 0 Å². The number of rotatable bonds is 6. The molecule has 4 heteroatoms. The highest BCUT2D eigenvalue weighted by Gasteiger charge is 2.19. The second-order valence-corrected chi connectivity index (χ2v) is 4.09. The summed E-state index contributed by atoms with van der Waals surface area (Å²) in [5, 5.41) is 12.2.